The zero-order valence-electron chi connectivity index (χ0n) is 17.3. The Morgan fingerprint density at radius 2 is 2.00 bits per heavy atom. The molecule has 0 radical (unpaired) electrons. The highest BCUT2D eigenvalue weighted by molar-refractivity contribution is 6.05. The molecule has 0 aliphatic rings. The van der Waals surface area contributed by atoms with Crippen LogP contribution in [0, 0.1) is 6.92 Å². The van der Waals surface area contributed by atoms with Crippen molar-refractivity contribution in [2.45, 2.75) is 13.8 Å². The highest BCUT2D eigenvalue weighted by atomic mass is 16.3. The molecule has 3 aromatic rings. The van der Waals surface area contributed by atoms with E-state index in [1.165, 1.54) is 7.05 Å². The van der Waals surface area contributed by atoms with Gasteiger partial charge in [-0.15, -0.1) is 0 Å². The number of carbonyl (C=O) groups excluding carboxylic acids is 1. The lowest BCUT2D eigenvalue weighted by Crippen LogP contribution is -2.27. The van der Waals surface area contributed by atoms with Gasteiger partial charge in [0.2, 0.25) is 0 Å². The minimum Gasteiger partial charge on any atom is -0.395 e. The molecule has 0 atom stereocenters. The molecule has 1 heterocycles. The van der Waals surface area contributed by atoms with Gasteiger partial charge in [-0.05, 0) is 43.2 Å². The van der Waals surface area contributed by atoms with Gasteiger partial charge >= 0.3 is 0 Å². The summed E-state index contributed by atoms with van der Waals surface area (Å²) in [4.78, 5) is 26.9. The number of fused-ring (bicyclic) bond motifs is 1. The molecule has 0 fully saturated rings. The topological polar surface area (TPSA) is 99.8 Å². The third-order valence-corrected chi connectivity index (χ3v) is 4.91. The van der Waals surface area contributed by atoms with E-state index in [1.54, 1.807) is 30.5 Å². The maximum Gasteiger partial charge on any atom is 0.292 e. The van der Waals surface area contributed by atoms with Crippen LogP contribution in [0.4, 0.5) is 5.69 Å². The second-order valence-corrected chi connectivity index (χ2v) is 6.87. The van der Waals surface area contributed by atoms with Crippen molar-refractivity contribution < 1.29 is 9.90 Å². The monoisotopic (exact) mass is 407 g/mol. The van der Waals surface area contributed by atoms with E-state index in [0.717, 1.165) is 28.0 Å². The predicted octanol–water partition coefficient (Wildman–Crippen LogP) is 1.82. The Hall–Kier alpha value is -3.52. The molecule has 0 bridgehead atoms. The predicted molar refractivity (Wildman–Crippen MR) is 118 cm³/mol. The van der Waals surface area contributed by atoms with Crippen LogP contribution < -0.4 is 15.9 Å². The third kappa shape index (κ3) is 4.38. The van der Waals surface area contributed by atoms with Gasteiger partial charge < -0.3 is 10.0 Å². The Labute approximate surface area is 174 Å². The van der Waals surface area contributed by atoms with E-state index >= 15 is 0 Å². The number of hydrazone groups is 1. The fraction of sp³-hybridized carbons (Fsp3) is 0.273. The molecule has 0 unspecified atom stereocenters. The second kappa shape index (κ2) is 9.32. The number of hydrogen-bond donors (Lipinski definition) is 2. The van der Waals surface area contributed by atoms with E-state index in [0.29, 0.717) is 17.3 Å². The van der Waals surface area contributed by atoms with Crippen molar-refractivity contribution in [3.63, 3.8) is 0 Å². The van der Waals surface area contributed by atoms with Gasteiger partial charge in [-0.25, -0.2) is 10.1 Å². The van der Waals surface area contributed by atoms with Crippen LogP contribution in [0.1, 0.15) is 28.5 Å². The van der Waals surface area contributed by atoms with Gasteiger partial charge in [0.1, 0.15) is 0 Å². The van der Waals surface area contributed by atoms with E-state index < -0.39 is 5.91 Å². The number of aryl methyl sites for hydroxylation is 2. The quantitative estimate of drug-likeness (QED) is 0.460. The summed E-state index contributed by atoms with van der Waals surface area (Å²) in [6, 6.07) is 12.8. The van der Waals surface area contributed by atoms with Gasteiger partial charge in [0.25, 0.3) is 11.5 Å². The molecular weight excluding hydrogens is 382 g/mol. The summed E-state index contributed by atoms with van der Waals surface area (Å²) < 4.78 is 1.15. The van der Waals surface area contributed by atoms with Crippen molar-refractivity contribution in [3.05, 3.63) is 69.6 Å². The average Bonchev–Trinajstić information content (AvgIpc) is 2.75. The average molecular weight is 407 g/mol. The van der Waals surface area contributed by atoms with Crippen molar-refractivity contribution >= 4 is 28.6 Å². The Balaban J connectivity index is 1.79. The van der Waals surface area contributed by atoms with E-state index in [1.807, 2.05) is 32.0 Å². The number of aliphatic hydroxyl groups excluding tert-OH is 1. The number of likely N-dealkylation sites (N-methyl/N-ethyl adjacent to an activating group) is 1. The number of nitrogens with one attached hydrogen (secondary N) is 1. The number of amides is 1. The summed E-state index contributed by atoms with van der Waals surface area (Å²) in [6.45, 7) is 5.45. The summed E-state index contributed by atoms with van der Waals surface area (Å²) in [5.41, 5.74) is 5.24. The van der Waals surface area contributed by atoms with Gasteiger partial charge in [0.15, 0.2) is 5.69 Å². The van der Waals surface area contributed by atoms with Crippen LogP contribution in [0.3, 0.4) is 0 Å². The molecule has 0 aliphatic carbocycles. The summed E-state index contributed by atoms with van der Waals surface area (Å²) >= 11 is 0. The van der Waals surface area contributed by atoms with Crippen molar-refractivity contribution in [2.24, 2.45) is 12.1 Å². The number of aliphatic hydroxyl groups is 1. The molecule has 2 aromatic carbocycles. The first-order valence-electron chi connectivity index (χ1n) is 9.72. The lowest BCUT2D eigenvalue weighted by Gasteiger charge is -2.22. The van der Waals surface area contributed by atoms with Crippen molar-refractivity contribution in [1.82, 2.24) is 15.2 Å². The van der Waals surface area contributed by atoms with Crippen LogP contribution in [0.2, 0.25) is 0 Å². The first kappa shape index (κ1) is 21.2. The standard InChI is InChI=1S/C22H25N5O3/c1-4-27(11-12-28)17-10-9-16(15(2)13-17)14-23-24-21(29)20-18-7-5-6-8-19(18)22(30)26(3)25-20/h5-10,13-14,28H,4,11-12H2,1-3H3,(H,24,29)/b23-14-. The molecule has 3 rings (SSSR count). The second-order valence-electron chi connectivity index (χ2n) is 6.87. The van der Waals surface area contributed by atoms with Crippen molar-refractivity contribution in [2.75, 3.05) is 24.6 Å². The van der Waals surface area contributed by atoms with Crippen LogP contribution in [0.15, 0.2) is 52.4 Å². The van der Waals surface area contributed by atoms with Crippen LogP contribution in [-0.2, 0) is 7.05 Å². The fourth-order valence-electron chi connectivity index (χ4n) is 3.27. The molecule has 8 heteroatoms. The van der Waals surface area contributed by atoms with Crippen molar-refractivity contribution in [3.8, 4) is 0 Å². The molecular formula is C22H25N5O3. The Bertz CT molecular complexity index is 1150. The number of benzene rings is 2. The number of hydrogen-bond acceptors (Lipinski definition) is 6. The molecule has 0 spiro atoms. The molecule has 8 nitrogen and oxygen atoms in total. The number of anilines is 1. The maximum atomic E-state index is 12.6. The third-order valence-electron chi connectivity index (χ3n) is 4.91. The Kier molecular flexibility index (Phi) is 6.58. The van der Waals surface area contributed by atoms with E-state index in [2.05, 4.69) is 20.5 Å². The summed E-state index contributed by atoms with van der Waals surface area (Å²) in [7, 11) is 1.51. The summed E-state index contributed by atoms with van der Waals surface area (Å²) in [5.74, 6) is -0.493. The molecule has 30 heavy (non-hydrogen) atoms. The molecule has 0 saturated heterocycles. The molecule has 156 valence electrons. The molecule has 1 aromatic heterocycles. The lowest BCUT2D eigenvalue weighted by atomic mass is 10.1. The van der Waals surface area contributed by atoms with Gasteiger partial charge in [-0.2, -0.15) is 10.2 Å². The molecule has 0 aliphatic heterocycles. The highest BCUT2D eigenvalue weighted by Gasteiger charge is 2.15. The summed E-state index contributed by atoms with van der Waals surface area (Å²) in [6.07, 6.45) is 1.57. The largest absolute Gasteiger partial charge is 0.395 e. The molecule has 2 N–H and O–H groups in total. The van der Waals surface area contributed by atoms with Crippen LogP contribution in [0.25, 0.3) is 10.8 Å². The normalized spacial score (nSPS) is 11.2. The number of rotatable bonds is 7. The Morgan fingerprint density at radius 1 is 1.27 bits per heavy atom. The minimum atomic E-state index is -0.493. The zero-order chi connectivity index (χ0) is 21.7. The maximum absolute atomic E-state index is 12.6. The van der Waals surface area contributed by atoms with E-state index in [-0.39, 0.29) is 17.9 Å². The van der Waals surface area contributed by atoms with Crippen LogP contribution in [-0.4, -0.2) is 46.7 Å². The van der Waals surface area contributed by atoms with Gasteiger partial charge in [-0.3, -0.25) is 9.59 Å². The molecule has 0 saturated carbocycles. The number of carbonyl (C=O) groups is 1. The lowest BCUT2D eigenvalue weighted by molar-refractivity contribution is 0.0950. The highest BCUT2D eigenvalue weighted by Crippen LogP contribution is 2.18. The minimum absolute atomic E-state index is 0.0932. The number of nitrogens with zero attached hydrogens (tertiary/aromatic N) is 4. The fourth-order valence-corrected chi connectivity index (χ4v) is 3.27. The van der Waals surface area contributed by atoms with Crippen molar-refractivity contribution in [1.29, 1.82) is 0 Å². The van der Waals surface area contributed by atoms with Gasteiger partial charge in [-0.1, -0.05) is 24.3 Å². The first-order chi connectivity index (χ1) is 14.5. The van der Waals surface area contributed by atoms with Crippen LogP contribution in [0.5, 0.6) is 0 Å². The van der Waals surface area contributed by atoms with E-state index in [4.69, 9.17) is 0 Å². The molecule has 1 amide bonds. The van der Waals surface area contributed by atoms with Crippen LogP contribution >= 0.6 is 0 Å². The van der Waals surface area contributed by atoms with Gasteiger partial charge in [0, 0.05) is 31.2 Å². The zero-order valence-corrected chi connectivity index (χ0v) is 17.3. The Morgan fingerprint density at radius 3 is 2.67 bits per heavy atom. The van der Waals surface area contributed by atoms with E-state index in [9.17, 15) is 14.7 Å². The summed E-state index contributed by atoms with van der Waals surface area (Å²) in [5, 5.41) is 18.3. The van der Waals surface area contributed by atoms with Gasteiger partial charge in [0.05, 0.1) is 18.2 Å². The SMILES string of the molecule is CCN(CCO)c1ccc(/C=N\NC(=O)c2nn(C)c(=O)c3ccccc23)c(C)c1. The first-order valence-corrected chi connectivity index (χ1v) is 9.72. The smallest absolute Gasteiger partial charge is 0.292 e. The number of aromatic nitrogens is 2.